The lowest BCUT2D eigenvalue weighted by atomic mass is 10.1. The molecule has 7 rings (SSSR count). The first-order valence-corrected chi connectivity index (χ1v) is 14.6. The Balaban J connectivity index is 1.15. The van der Waals surface area contributed by atoms with Crippen LogP contribution < -0.4 is 4.90 Å². The molecule has 0 amide bonds. The van der Waals surface area contributed by atoms with Crippen molar-refractivity contribution in [1.29, 1.82) is 0 Å². The third-order valence-electron chi connectivity index (χ3n) is 6.86. The number of hydrogen-bond donors (Lipinski definition) is 0. The fraction of sp³-hybridized carbons (Fsp3) is 0. The van der Waals surface area contributed by atoms with Gasteiger partial charge in [0.15, 0.2) is 0 Å². The SMILES string of the molecule is C(=C\c1cccc2nsnc12)/c1ccc(N(c2ccccc2)c2ccc(/C=C/c3cccc4nsnc34)cc2)cc1. The van der Waals surface area contributed by atoms with E-state index in [-0.39, 0.29) is 0 Å². The van der Waals surface area contributed by atoms with E-state index >= 15 is 0 Å². The second-order valence-electron chi connectivity index (χ2n) is 9.48. The number of nitrogens with zero attached hydrogens (tertiary/aromatic N) is 5. The molecule has 2 aromatic heterocycles. The zero-order chi connectivity index (χ0) is 27.4. The van der Waals surface area contributed by atoms with Crippen LogP contribution in [0.2, 0.25) is 0 Å². The van der Waals surface area contributed by atoms with Crippen LogP contribution in [0.15, 0.2) is 115 Å². The summed E-state index contributed by atoms with van der Waals surface area (Å²) in [6.45, 7) is 0. The van der Waals surface area contributed by atoms with E-state index in [0.717, 1.165) is 61.4 Å². The highest BCUT2D eigenvalue weighted by atomic mass is 32.1. The normalized spacial score (nSPS) is 11.7. The zero-order valence-corrected chi connectivity index (χ0v) is 23.5. The van der Waals surface area contributed by atoms with E-state index in [9.17, 15) is 0 Å². The standard InChI is InChI=1S/C34H23N5S2/c1-2-8-28(9-3-1)39(29-20-14-24(15-21-29)12-18-26-6-4-10-31-33(26)37-40-35-31)30-22-16-25(17-23-30)13-19-27-7-5-11-32-34(27)38-41-36-32/h1-23H/b18-12+,19-13+. The van der Waals surface area contributed by atoms with E-state index in [2.05, 4.69) is 132 Å². The highest BCUT2D eigenvalue weighted by molar-refractivity contribution is 7.00. The summed E-state index contributed by atoms with van der Waals surface area (Å²) in [5, 5.41) is 0. The van der Waals surface area contributed by atoms with Gasteiger partial charge >= 0.3 is 0 Å². The van der Waals surface area contributed by atoms with Gasteiger partial charge in [0.25, 0.3) is 0 Å². The average molecular weight is 566 g/mol. The summed E-state index contributed by atoms with van der Waals surface area (Å²) in [6, 6.07) is 39.8. The van der Waals surface area contributed by atoms with Gasteiger partial charge in [-0.05, 0) is 59.7 Å². The summed E-state index contributed by atoms with van der Waals surface area (Å²) in [5.74, 6) is 0. The Morgan fingerprint density at radius 1 is 0.415 bits per heavy atom. The molecular formula is C34H23N5S2. The molecule has 7 heteroatoms. The Labute approximate surface area is 246 Å². The molecular weight excluding hydrogens is 543 g/mol. The molecule has 41 heavy (non-hydrogen) atoms. The topological polar surface area (TPSA) is 54.8 Å². The highest BCUT2D eigenvalue weighted by Gasteiger charge is 2.12. The maximum atomic E-state index is 4.44. The van der Waals surface area contributed by atoms with Gasteiger partial charge in [0, 0.05) is 28.2 Å². The van der Waals surface area contributed by atoms with E-state index in [1.54, 1.807) is 0 Å². The molecule has 0 aliphatic carbocycles. The van der Waals surface area contributed by atoms with Crippen molar-refractivity contribution in [2.45, 2.75) is 0 Å². The molecule has 0 spiro atoms. The molecule has 0 aliphatic heterocycles. The van der Waals surface area contributed by atoms with Crippen molar-refractivity contribution in [1.82, 2.24) is 17.5 Å². The molecule has 0 saturated heterocycles. The maximum absolute atomic E-state index is 4.44. The minimum atomic E-state index is 0.932. The van der Waals surface area contributed by atoms with Gasteiger partial charge in [0.05, 0.1) is 23.5 Å². The van der Waals surface area contributed by atoms with Crippen LogP contribution in [0.4, 0.5) is 17.1 Å². The fourth-order valence-electron chi connectivity index (χ4n) is 4.79. The van der Waals surface area contributed by atoms with Gasteiger partial charge < -0.3 is 4.90 Å². The largest absolute Gasteiger partial charge is 0.311 e. The maximum Gasteiger partial charge on any atom is 0.112 e. The number of aromatic nitrogens is 4. The van der Waals surface area contributed by atoms with Crippen molar-refractivity contribution in [3.05, 3.63) is 138 Å². The quantitative estimate of drug-likeness (QED) is 0.180. The van der Waals surface area contributed by atoms with Gasteiger partial charge in [-0.15, -0.1) is 0 Å². The number of anilines is 3. The van der Waals surface area contributed by atoms with E-state index in [4.69, 9.17) is 0 Å². The predicted octanol–water partition coefficient (Wildman–Crippen LogP) is 9.51. The van der Waals surface area contributed by atoms with Crippen LogP contribution in [-0.2, 0) is 0 Å². The van der Waals surface area contributed by atoms with Gasteiger partial charge in [-0.1, -0.05) is 91.0 Å². The van der Waals surface area contributed by atoms with E-state index < -0.39 is 0 Å². The second-order valence-corrected chi connectivity index (χ2v) is 10.5. The summed E-state index contributed by atoms with van der Waals surface area (Å²) < 4.78 is 17.6. The molecule has 5 nitrogen and oxygen atoms in total. The third-order valence-corrected chi connectivity index (χ3v) is 7.95. The lowest BCUT2D eigenvalue weighted by molar-refractivity contribution is 1.28. The zero-order valence-electron chi connectivity index (χ0n) is 21.8. The second kappa shape index (κ2) is 11.3. The van der Waals surface area contributed by atoms with Gasteiger partial charge in [0.2, 0.25) is 0 Å². The van der Waals surface area contributed by atoms with Crippen molar-refractivity contribution in [2.75, 3.05) is 4.90 Å². The van der Waals surface area contributed by atoms with Crippen LogP contribution in [0.3, 0.4) is 0 Å². The number of rotatable bonds is 7. The summed E-state index contributed by atoms with van der Waals surface area (Å²) in [4.78, 5) is 2.27. The smallest absolute Gasteiger partial charge is 0.112 e. The van der Waals surface area contributed by atoms with Crippen molar-refractivity contribution in [2.24, 2.45) is 0 Å². The monoisotopic (exact) mass is 565 g/mol. The number of fused-ring (bicyclic) bond motifs is 2. The number of benzene rings is 5. The number of para-hydroxylation sites is 1. The van der Waals surface area contributed by atoms with Crippen LogP contribution >= 0.6 is 23.5 Å². The van der Waals surface area contributed by atoms with Gasteiger partial charge in [-0.25, -0.2) is 0 Å². The average Bonchev–Trinajstić information content (AvgIpc) is 3.72. The first-order valence-electron chi connectivity index (χ1n) is 13.2. The predicted molar refractivity (Wildman–Crippen MR) is 174 cm³/mol. The molecule has 0 bridgehead atoms. The Kier molecular flexibility index (Phi) is 6.87. The molecule has 0 unspecified atom stereocenters. The molecule has 0 radical (unpaired) electrons. The van der Waals surface area contributed by atoms with Crippen molar-refractivity contribution >= 4 is 86.9 Å². The summed E-state index contributed by atoms with van der Waals surface area (Å²) >= 11 is 2.49. The van der Waals surface area contributed by atoms with Crippen LogP contribution in [0.25, 0.3) is 46.4 Å². The number of hydrogen-bond acceptors (Lipinski definition) is 7. The third kappa shape index (κ3) is 5.28. The van der Waals surface area contributed by atoms with Crippen LogP contribution in [-0.4, -0.2) is 17.5 Å². The van der Waals surface area contributed by atoms with E-state index in [1.165, 1.54) is 23.5 Å². The molecule has 0 fully saturated rings. The molecule has 0 N–H and O–H groups in total. The van der Waals surface area contributed by atoms with Crippen molar-refractivity contribution in [3.8, 4) is 0 Å². The van der Waals surface area contributed by atoms with Gasteiger partial charge in [-0.2, -0.15) is 17.5 Å². The molecule has 2 heterocycles. The summed E-state index contributed by atoms with van der Waals surface area (Å²) in [7, 11) is 0. The Morgan fingerprint density at radius 3 is 1.37 bits per heavy atom. The molecule has 7 aromatic rings. The molecule has 5 aromatic carbocycles. The molecule has 196 valence electrons. The molecule has 0 saturated carbocycles. The van der Waals surface area contributed by atoms with E-state index in [0.29, 0.717) is 0 Å². The molecule has 0 atom stereocenters. The first kappa shape index (κ1) is 25.0. The Hall–Kier alpha value is -4.98. The van der Waals surface area contributed by atoms with E-state index in [1.807, 2.05) is 30.3 Å². The first-order chi connectivity index (χ1) is 20.3. The fourth-order valence-corrected chi connectivity index (χ4v) is 5.90. The summed E-state index contributed by atoms with van der Waals surface area (Å²) in [6.07, 6.45) is 8.44. The molecule has 0 aliphatic rings. The minimum Gasteiger partial charge on any atom is -0.311 e. The van der Waals surface area contributed by atoms with Crippen molar-refractivity contribution in [3.63, 3.8) is 0 Å². The van der Waals surface area contributed by atoms with Crippen LogP contribution in [0.5, 0.6) is 0 Å². The lowest BCUT2D eigenvalue weighted by Gasteiger charge is -2.25. The Bertz CT molecular complexity index is 1860. The Morgan fingerprint density at radius 2 is 0.878 bits per heavy atom. The summed E-state index contributed by atoms with van der Waals surface area (Å²) in [5.41, 5.74) is 11.4. The van der Waals surface area contributed by atoms with Crippen LogP contribution in [0, 0.1) is 0 Å². The van der Waals surface area contributed by atoms with Gasteiger partial charge in [0.1, 0.15) is 22.1 Å². The van der Waals surface area contributed by atoms with Gasteiger partial charge in [-0.3, -0.25) is 0 Å². The minimum absolute atomic E-state index is 0.932. The highest BCUT2D eigenvalue weighted by Crippen LogP contribution is 2.35. The lowest BCUT2D eigenvalue weighted by Crippen LogP contribution is -2.09. The van der Waals surface area contributed by atoms with Crippen LogP contribution in [0.1, 0.15) is 22.3 Å². The van der Waals surface area contributed by atoms with Crippen molar-refractivity contribution < 1.29 is 0 Å².